The van der Waals surface area contributed by atoms with Gasteiger partial charge in [0.1, 0.15) is 11.3 Å². The molecule has 0 aliphatic rings. The van der Waals surface area contributed by atoms with Crippen molar-refractivity contribution in [1.29, 1.82) is 0 Å². The van der Waals surface area contributed by atoms with Crippen LogP contribution in [0.1, 0.15) is 33.5 Å². The smallest absolute Gasteiger partial charge is 0.274 e. The van der Waals surface area contributed by atoms with Gasteiger partial charge in [0.25, 0.3) is 5.91 Å². The van der Waals surface area contributed by atoms with E-state index in [0.717, 1.165) is 11.2 Å². The molecule has 1 N–H and O–H groups in total. The number of amides is 1. The number of nitrogens with zero attached hydrogens (tertiary/aromatic N) is 4. The molecule has 1 amide bonds. The number of hydrogen-bond donors (Lipinski definition) is 1. The Balaban J connectivity index is 1.65. The first-order chi connectivity index (χ1) is 12.6. The Hall–Kier alpha value is -3.48. The predicted molar refractivity (Wildman–Crippen MR) is 96.2 cm³/mol. The predicted octanol–water partition coefficient (Wildman–Crippen LogP) is 3.18. The second-order valence-corrected chi connectivity index (χ2v) is 6.00. The fraction of sp³-hybridized carbons (Fsp3) is 0.158. The number of anilines is 1. The molecule has 0 saturated carbocycles. The maximum absolute atomic E-state index is 12.9. The third-order valence-corrected chi connectivity index (χ3v) is 4.10. The van der Waals surface area contributed by atoms with Crippen molar-refractivity contribution in [2.75, 3.05) is 5.32 Å². The van der Waals surface area contributed by atoms with Crippen LogP contribution >= 0.6 is 0 Å². The maximum Gasteiger partial charge on any atom is 0.274 e. The highest BCUT2D eigenvalue weighted by Gasteiger charge is 2.18. The van der Waals surface area contributed by atoms with Crippen LogP contribution in [0.4, 0.5) is 5.69 Å². The van der Waals surface area contributed by atoms with Crippen molar-refractivity contribution >= 4 is 17.2 Å². The van der Waals surface area contributed by atoms with Gasteiger partial charge in [0.05, 0.1) is 12.1 Å². The molecule has 0 aliphatic carbocycles. The van der Waals surface area contributed by atoms with E-state index in [-0.39, 0.29) is 5.91 Å². The van der Waals surface area contributed by atoms with E-state index in [2.05, 4.69) is 20.4 Å². The van der Waals surface area contributed by atoms with E-state index in [1.165, 1.54) is 0 Å². The molecule has 130 valence electrons. The number of rotatable bonds is 4. The Morgan fingerprint density at radius 3 is 2.73 bits per heavy atom. The molecule has 3 aromatic heterocycles. The quantitative estimate of drug-likeness (QED) is 0.613. The first-order valence-electron chi connectivity index (χ1n) is 8.24. The summed E-state index contributed by atoms with van der Waals surface area (Å²) < 4.78 is 6.98. The number of para-hydroxylation sites is 1. The van der Waals surface area contributed by atoms with Gasteiger partial charge in [-0.05, 0) is 37.6 Å². The van der Waals surface area contributed by atoms with Gasteiger partial charge in [-0.15, -0.1) is 0 Å². The molecule has 7 heteroatoms. The molecular weight excluding hydrogens is 330 g/mol. The number of nitrogens with one attached hydrogen (secondary N) is 1. The van der Waals surface area contributed by atoms with E-state index in [1.807, 2.05) is 55.6 Å². The van der Waals surface area contributed by atoms with Crippen LogP contribution < -0.4 is 5.32 Å². The summed E-state index contributed by atoms with van der Waals surface area (Å²) in [5.74, 6) is 0.883. The van der Waals surface area contributed by atoms with E-state index in [4.69, 9.17) is 4.52 Å². The van der Waals surface area contributed by atoms with E-state index in [0.29, 0.717) is 35.2 Å². The molecule has 0 aliphatic heterocycles. The third-order valence-electron chi connectivity index (χ3n) is 4.10. The summed E-state index contributed by atoms with van der Waals surface area (Å²) in [7, 11) is 0. The topological polar surface area (TPSA) is 85.3 Å². The Labute approximate surface area is 149 Å². The van der Waals surface area contributed by atoms with Gasteiger partial charge in [-0.1, -0.05) is 29.4 Å². The molecule has 0 unspecified atom stereocenters. The largest absolute Gasteiger partial charge is 0.339 e. The number of benzene rings is 1. The lowest BCUT2D eigenvalue weighted by Crippen LogP contribution is -2.16. The van der Waals surface area contributed by atoms with Crippen LogP contribution in [0, 0.1) is 13.8 Å². The summed E-state index contributed by atoms with van der Waals surface area (Å²) in [5.41, 5.74) is 3.54. The Morgan fingerprint density at radius 2 is 1.92 bits per heavy atom. The van der Waals surface area contributed by atoms with Crippen LogP contribution in [0.15, 0.2) is 53.2 Å². The molecule has 4 rings (SSSR count). The first kappa shape index (κ1) is 16.0. The lowest BCUT2D eigenvalue weighted by molar-refractivity contribution is 0.102. The molecular formula is C19H17N5O2. The van der Waals surface area contributed by atoms with Crippen molar-refractivity contribution in [3.05, 3.63) is 77.3 Å². The number of pyridine rings is 1. The van der Waals surface area contributed by atoms with Crippen LogP contribution in [0.3, 0.4) is 0 Å². The summed E-state index contributed by atoms with van der Waals surface area (Å²) in [6.07, 6.45) is 2.28. The molecule has 0 bridgehead atoms. The number of imidazole rings is 1. The number of carbonyl (C=O) groups excluding carboxylic acids is 1. The summed E-state index contributed by atoms with van der Waals surface area (Å²) in [6.45, 7) is 3.60. The minimum atomic E-state index is -0.213. The van der Waals surface area contributed by atoms with Gasteiger partial charge in [-0.2, -0.15) is 4.98 Å². The normalized spacial score (nSPS) is 11.0. The second kappa shape index (κ2) is 6.44. The molecule has 0 saturated heterocycles. The number of carbonyl (C=O) groups is 1. The van der Waals surface area contributed by atoms with Crippen LogP contribution in [0.5, 0.6) is 0 Å². The van der Waals surface area contributed by atoms with E-state index < -0.39 is 0 Å². The van der Waals surface area contributed by atoms with Gasteiger partial charge >= 0.3 is 0 Å². The summed E-state index contributed by atoms with van der Waals surface area (Å²) >= 11 is 0. The van der Waals surface area contributed by atoms with Gasteiger partial charge in [0.15, 0.2) is 5.82 Å². The average Bonchev–Trinajstić information content (AvgIpc) is 3.18. The molecule has 0 radical (unpaired) electrons. The Kier molecular flexibility index (Phi) is 3.96. The number of aromatic nitrogens is 4. The third kappa shape index (κ3) is 2.95. The van der Waals surface area contributed by atoms with Crippen molar-refractivity contribution in [2.45, 2.75) is 20.3 Å². The van der Waals surface area contributed by atoms with Crippen LogP contribution in [0.2, 0.25) is 0 Å². The lowest BCUT2D eigenvalue weighted by Gasteiger charge is -2.10. The van der Waals surface area contributed by atoms with Crippen molar-refractivity contribution in [2.24, 2.45) is 0 Å². The molecule has 26 heavy (non-hydrogen) atoms. The summed E-state index contributed by atoms with van der Waals surface area (Å²) in [6, 6.07) is 13.2. The standard InChI is InChI=1S/C19H17N5O2/c1-12-18(24-10-6-5-9-16(24)20-12)19(25)22-15-8-4-3-7-14(15)11-17-21-13(2)23-26-17/h3-10H,11H2,1-2H3,(H,22,25). The summed E-state index contributed by atoms with van der Waals surface area (Å²) in [4.78, 5) is 21.6. The van der Waals surface area contributed by atoms with E-state index >= 15 is 0 Å². The van der Waals surface area contributed by atoms with Gasteiger partial charge in [0.2, 0.25) is 5.89 Å². The SMILES string of the molecule is Cc1noc(Cc2ccccc2NC(=O)c2c(C)nc3ccccn23)n1. The van der Waals surface area contributed by atoms with Crippen LogP contribution in [0.25, 0.3) is 5.65 Å². The minimum Gasteiger partial charge on any atom is -0.339 e. The minimum absolute atomic E-state index is 0.213. The molecule has 0 fully saturated rings. The maximum atomic E-state index is 12.9. The monoisotopic (exact) mass is 347 g/mol. The fourth-order valence-corrected chi connectivity index (χ4v) is 2.94. The Morgan fingerprint density at radius 1 is 1.12 bits per heavy atom. The number of hydrogen-bond acceptors (Lipinski definition) is 5. The van der Waals surface area contributed by atoms with Crippen molar-refractivity contribution in [3.8, 4) is 0 Å². The van der Waals surface area contributed by atoms with Gasteiger partial charge in [-0.25, -0.2) is 4.98 Å². The average molecular weight is 347 g/mol. The lowest BCUT2D eigenvalue weighted by atomic mass is 10.1. The molecule has 7 nitrogen and oxygen atoms in total. The number of aryl methyl sites for hydroxylation is 2. The number of fused-ring (bicyclic) bond motifs is 1. The zero-order valence-corrected chi connectivity index (χ0v) is 14.4. The molecule has 0 spiro atoms. The molecule has 4 aromatic rings. The molecule has 0 atom stereocenters. The highest BCUT2D eigenvalue weighted by Crippen LogP contribution is 2.20. The summed E-state index contributed by atoms with van der Waals surface area (Å²) in [5, 5.41) is 6.79. The molecule has 3 heterocycles. The molecule has 1 aromatic carbocycles. The van der Waals surface area contributed by atoms with Crippen LogP contribution in [-0.2, 0) is 6.42 Å². The Bertz CT molecular complexity index is 1100. The van der Waals surface area contributed by atoms with Gasteiger partial charge in [0, 0.05) is 11.9 Å². The highest BCUT2D eigenvalue weighted by atomic mass is 16.5. The van der Waals surface area contributed by atoms with Gasteiger partial charge < -0.3 is 9.84 Å². The first-order valence-corrected chi connectivity index (χ1v) is 8.24. The highest BCUT2D eigenvalue weighted by molar-refractivity contribution is 6.04. The van der Waals surface area contributed by atoms with Crippen molar-refractivity contribution < 1.29 is 9.32 Å². The van der Waals surface area contributed by atoms with Crippen LogP contribution in [-0.4, -0.2) is 25.4 Å². The van der Waals surface area contributed by atoms with Gasteiger partial charge in [-0.3, -0.25) is 9.20 Å². The van der Waals surface area contributed by atoms with E-state index in [1.54, 1.807) is 11.3 Å². The fourth-order valence-electron chi connectivity index (χ4n) is 2.94. The zero-order valence-electron chi connectivity index (χ0n) is 14.4. The zero-order chi connectivity index (χ0) is 18.1. The second-order valence-electron chi connectivity index (χ2n) is 6.00. The van der Waals surface area contributed by atoms with E-state index in [9.17, 15) is 4.79 Å². The van der Waals surface area contributed by atoms with Crippen molar-refractivity contribution in [3.63, 3.8) is 0 Å². The van der Waals surface area contributed by atoms with Crippen molar-refractivity contribution in [1.82, 2.24) is 19.5 Å².